The van der Waals surface area contributed by atoms with Crippen LogP contribution in [0.3, 0.4) is 0 Å². The third-order valence-corrected chi connectivity index (χ3v) is 3.51. The maximum atomic E-state index is 11.8. The molecule has 6 nitrogen and oxygen atoms in total. The number of likely N-dealkylation sites (N-methyl/N-ethyl adjacent to an activating group) is 1. The van der Waals surface area contributed by atoms with Gasteiger partial charge in [0.15, 0.2) is 0 Å². The van der Waals surface area contributed by atoms with Crippen molar-refractivity contribution in [1.29, 1.82) is 5.26 Å². The van der Waals surface area contributed by atoms with E-state index >= 15 is 0 Å². The summed E-state index contributed by atoms with van der Waals surface area (Å²) in [5.41, 5.74) is 0. The number of nitrogens with one attached hydrogen (secondary N) is 1. The molecule has 1 aliphatic heterocycles. The fraction of sp³-hybridized carbons (Fsp3) is 0.769. The van der Waals surface area contributed by atoms with Crippen molar-refractivity contribution in [2.75, 3.05) is 33.7 Å². The molecule has 1 saturated heterocycles. The highest BCUT2D eigenvalue weighted by Crippen LogP contribution is 2.17. The molecule has 0 aromatic carbocycles. The van der Waals surface area contributed by atoms with Gasteiger partial charge in [-0.05, 0) is 19.4 Å². The van der Waals surface area contributed by atoms with Crippen molar-refractivity contribution in [3.63, 3.8) is 0 Å². The van der Waals surface area contributed by atoms with Crippen LogP contribution in [0.15, 0.2) is 0 Å². The zero-order valence-corrected chi connectivity index (χ0v) is 11.7. The van der Waals surface area contributed by atoms with Crippen LogP contribution < -0.4 is 5.32 Å². The molecule has 1 atom stereocenters. The highest BCUT2D eigenvalue weighted by Gasteiger charge is 2.30. The summed E-state index contributed by atoms with van der Waals surface area (Å²) in [6.07, 6.45) is 2.61. The molecule has 0 aromatic rings. The van der Waals surface area contributed by atoms with Crippen LogP contribution in [0.25, 0.3) is 0 Å². The largest absolute Gasteiger partial charge is 0.358 e. The van der Waals surface area contributed by atoms with E-state index in [4.69, 9.17) is 5.26 Å². The molecule has 1 N–H and O–H groups in total. The second-order valence-corrected chi connectivity index (χ2v) is 4.78. The Kier molecular flexibility index (Phi) is 6.30. The zero-order chi connectivity index (χ0) is 14.3. The molecule has 1 unspecified atom stereocenters. The van der Waals surface area contributed by atoms with Crippen molar-refractivity contribution >= 4 is 11.8 Å². The van der Waals surface area contributed by atoms with Crippen molar-refractivity contribution < 1.29 is 9.59 Å². The van der Waals surface area contributed by atoms with Gasteiger partial charge in [-0.15, -0.1) is 0 Å². The summed E-state index contributed by atoms with van der Waals surface area (Å²) >= 11 is 0. The first-order chi connectivity index (χ1) is 9.10. The Morgan fingerprint density at radius 3 is 2.89 bits per heavy atom. The first-order valence-corrected chi connectivity index (χ1v) is 6.66. The van der Waals surface area contributed by atoms with E-state index in [1.54, 1.807) is 19.0 Å². The Morgan fingerprint density at radius 2 is 2.26 bits per heavy atom. The lowest BCUT2D eigenvalue weighted by Crippen LogP contribution is -2.43. The molecule has 1 fully saturated rings. The summed E-state index contributed by atoms with van der Waals surface area (Å²) in [6, 6.07) is 1.93. The van der Waals surface area contributed by atoms with Gasteiger partial charge >= 0.3 is 0 Å². The van der Waals surface area contributed by atoms with Gasteiger partial charge in [-0.25, -0.2) is 0 Å². The van der Waals surface area contributed by atoms with E-state index < -0.39 is 0 Å². The summed E-state index contributed by atoms with van der Waals surface area (Å²) in [4.78, 5) is 27.1. The standard InChI is InChI=1S/C13H22N4O2/c1-15-13(19)11-5-3-9-17(11)10-6-12(18)16(2)8-4-7-14/h11H,3-6,8-10H2,1-2H3,(H,15,19). The minimum absolute atomic E-state index is 0.0257. The molecule has 106 valence electrons. The highest BCUT2D eigenvalue weighted by atomic mass is 16.2. The van der Waals surface area contributed by atoms with Crippen LogP contribution in [0.4, 0.5) is 0 Å². The molecule has 0 aliphatic carbocycles. The Balaban J connectivity index is 2.37. The first-order valence-electron chi connectivity index (χ1n) is 6.66. The molecule has 0 spiro atoms. The molecular weight excluding hydrogens is 244 g/mol. The molecule has 1 aliphatic rings. The summed E-state index contributed by atoms with van der Waals surface area (Å²) in [7, 11) is 3.35. The molecule has 6 heteroatoms. The second kappa shape index (κ2) is 7.74. The van der Waals surface area contributed by atoms with Crippen LogP contribution >= 0.6 is 0 Å². The van der Waals surface area contributed by atoms with Crippen LogP contribution in [0.1, 0.15) is 25.7 Å². The van der Waals surface area contributed by atoms with Gasteiger partial charge in [0.25, 0.3) is 0 Å². The molecule has 19 heavy (non-hydrogen) atoms. The SMILES string of the molecule is CNC(=O)C1CCCN1CCC(=O)N(C)CCC#N. The van der Waals surface area contributed by atoms with E-state index in [0.29, 0.717) is 25.9 Å². The number of likely N-dealkylation sites (tertiary alicyclic amines) is 1. The smallest absolute Gasteiger partial charge is 0.237 e. The summed E-state index contributed by atoms with van der Waals surface area (Å²) in [5.74, 6) is 0.0561. The molecule has 1 rings (SSSR count). The molecule has 0 bridgehead atoms. The number of rotatable bonds is 6. The van der Waals surface area contributed by atoms with Crippen molar-refractivity contribution in [2.24, 2.45) is 0 Å². The Labute approximate surface area is 114 Å². The Bertz CT molecular complexity index is 364. The Hall–Kier alpha value is -1.61. The lowest BCUT2D eigenvalue weighted by Gasteiger charge is -2.24. The fourth-order valence-corrected chi connectivity index (χ4v) is 2.33. The van der Waals surface area contributed by atoms with Crippen LogP contribution in [0.2, 0.25) is 0 Å². The number of carbonyl (C=O) groups is 2. The minimum atomic E-state index is -0.0952. The van der Waals surface area contributed by atoms with Crippen LogP contribution in [-0.2, 0) is 9.59 Å². The Morgan fingerprint density at radius 1 is 1.53 bits per heavy atom. The van der Waals surface area contributed by atoms with Gasteiger partial charge in [0.05, 0.1) is 18.5 Å². The number of carbonyl (C=O) groups excluding carboxylic acids is 2. The van der Waals surface area contributed by atoms with E-state index in [2.05, 4.69) is 10.2 Å². The maximum Gasteiger partial charge on any atom is 0.237 e. The molecule has 0 saturated carbocycles. The monoisotopic (exact) mass is 266 g/mol. The first kappa shape index (κ1) is 15.4. The average molecular weight is 266 g/mol. The highest BCUT2D eigenvalue weighted by molar-refractivity contribution is 5.82. The van der Waals surface area contributed by atoms with Gasteiger partial charge in [0.1, 0.15) is 0 Å². The molecule has 0 aromatic heterocycles. The van der Waals surface area contributed by atoms with Crippen LogP contribution in [0.5, 0.6) is 0 Å². The maximum absolute atomic E-state index is 11.8. The van der Waals surface area contributed by atoms with Gasteiger partial charge in [0.2, 0.25) is 11.8 Å². The van der Waals surface area contributed by atoms with Crippen molar-refractivity contribution in [2.45, 2.75) is 31.7 Å². The zero-order valence-electron chi connectivity index (χ0n) is 11.7. The van der Waals surface area contributed by atoms with Gasteiger partial charge in [0, 0.05) is 33.6 Å². The summed E-state index contributed by atoms with van der Waals surface area (Å²) < 4.78 is 0. The molecule has 1 heterocycles. The van der Waals surface area contributed by atoms with E-state index in [0.717, 1.165) is 19.4 Å². The van der Waals surface area contributed by atoms with E-state index in [9.17, 15) is 9.59 Å². The van der Waals surface area contributed by atoms with Gasteiger partial charge in [-0.2, -0.15) is 5.26 Å². The second-order valence-electron chi connectivity index (χ2n) is 4.78. The quantitative estimate of drug-likeness (QED) is 0.732. The molecule has 0 radical (unpaired) electrons. The average Bonchev–Trinajstić information content (AvgIpc) is 2.89. The van der Waals surface area contributed by atoms with Crippen molar-refractivity contribution in [3.05, 3.63) is 0 Å². The number of nitriles is 1. The van der Waals surface area contributed by atoms with Gasteiger partial charge < -0.3 is 10.2 Å². The van der Waals surface area contributed by atoms with Gasteiger partial charge in [-0.1, -0.05) is 0 Å². The summed E-state index contributed by atoms with van der Waals surface area (Å²) in [5, 5.41) is 11.1. The minimum Gasteiger partial charge on any atom is -0.358 e. The van der Waals surface area contributed by atoms with Crippen LogP contribution in [0, 0.1) is 11.3 Å². The van der Waals surface area contributed by atoms with E-state index in [-0.39, 0.29) is 17.9 Å². The fourth-order valence-electron chi connectivity index (χ4n) is 2.33. The van der Waals surface area contributed by atoms with Gasteiger partial charge in [-0.3, -0.25) is 14.5 Å². The lowest BCUT2D eigenvalue weighted by atomic mass is 10.2. The van der Waals surface area contributed by atoms with Crippen molar-refractivity contribution in [3.8, 4) is 6.07 Å². The van der Waals surface area contributed by atoms with E-state index in [1.807, 2.05) is 6.07 Å². The predicted octanol–water partition coefficient (Wildman–Crippen LogP) is -0.0410. The number of nitrogens with zero attached hydrogens (tertiary/aromatic N) is 3. The molecular formula is C13H22N4O2. The topological polar surface area (TPSA) is 76.4 Å². The summed E-state index contributed by atoms with van der Waals surface area (Å²) in [6.45, 7) is 1.94. The normalized spacial score (nSPS) is 18.9. The van der Waals surface area contributed by atoms with Crippen LogP contribution in [-0.4, -0.2) is 61.4 Å². The third-order valence-electron chi connectivity index (χ3n) is 3.51. The molecule has 2 amide bonds. The number of amides is 2. The number of hydrogen-bond acceptors (Lipinski definition) is 4. The number of hydrogen-bond donors (Lipinski definition) is 1. The third kappa shape index (κ3) is 4.52. The predicted molar refractivity (Wildman–Crippen MR) is 71.1 cm³/mol. The lowest BCUT2D eigenvalue weighted by molar-refractivity contribution is -0.131. The van der Waals surface area contributed by atoms with E-state index in [1.165, 1.54) is 0 Å². The van der Waals surface area contributed by atoms with Crippen molar-refractivity contribution in [1.82, 2.24) is 15.1 Å².